The molecule has 1 heterocycles. The zero-order valence-corrected chi connectivity index (χ0v) is 12.6. The van der Waals surface area contributed by atoms with Gasteiger partial charge < -0.3 is 5.11 Å². The molecule has 108 valence electrons. The van der Waals surface area contributed by atoms with Crippen LogP contribution in [0.1, 0.15) is 57.6 Å². The van der Waals surface area contributed by atoms with Crippen LogP contribution >= 0.6 is 0 Å². The van der Waals surface area contributed by atoms with Crippen LogP contribution in [0.2, 0.25) is 0 Å². The van der Waals surface area contributed by atoms with E-state index in [0.717, 1.165) is 31.4 Å². The van der Waals surface area contributed by atoms with Crippen molar-refractivity contribution in [1.82, 2.24) is 0 Å². The smallest absolute Gasteiger partial charge is 0.303 e. The Morgan fingerprint density at radius 2 is 2.00 bits per heavy atom. The number of rotatable bonds is 6. The second kappa shape index (κ2) is 5.78. The Kier molecular flexibility index (Phi) is 4.26. The number of hydrogen-bond donors (Lipinski definition) is 1. The van der Waals surface area contributed by atoms with E-state index in [9.17, 15) is 4.79 Å². The van der Waals surface area contributed by atoms with Crippen molar-refractivity contribution in [3.63, 3.8) is 0 Å². The van der Waals surface area contributed by atoms with Gasteiger partial charge in [0.05, 0.1) is 5.69 Å². The molecule has 0 atom stereocenters. The van der Waals surface area contributed by atoms with Crippen LogP contribution in [-0.2, 0) is 16.6 Å². The first-order valence-electron chi connectivity index (χ1n) is 7.32. The molecule has 0 saturated carbocycles. The minimum absolute atomic E-state index is 0.0509. The highest BCUT2D eigenvalue weighted by Gasteiger charge is 2.31. The summed E-state index contributed by atoms with van der Waals surface area (Å²) < 4.78 is 0. The second-order valence-corrected chi connectivity index (χ2v) is 6.13. The van der Waals surface area contributed by atoms with E-state index >= 15 is 0 Å². The monoisotopic (exact) mass is 273 g/mol. The van der Waals surface area contributed by atoms with Gasteiger partial charge in [-0.25, -0.2) is 0 Å². The van der Waals surface area contributed by atoms with Gasteiger partial charge >= 0.3 is 5.97 Å². The van der Waals surface area contributed by atoms with E-state index < -0.39 is 5.97 Å². The molecule has 1 N–H and O–H groups in total. The Morgan fingerprint density at radius 1 is 1.25 bits per heavy atom. The van der Waals surface area contributed by atoms with Crippen LogP contribution in [0.15, 0.2) is 23.2 Å². The standard InChI is InChI=1S/C17H23NO2/c1-12-17(2,3)14-10-9-13(11-15(14)18-12)7-5-4-6-8-16(19)20/h9-11H,4-8H2,1-3H3,(H,19,20). The Balaban J connectivity index is 1.93. The fraction of sp³-hybridized carbons (Fsp3) is 0.529. The number of fused-ring (bicyclic) bond motifs is 1. The summed E-state index contributed by atoms with van der Waals surface area (Å²) in [7, 11) is 0. The molecule has 3 nitrogen and oxygen atoms in total. The lowest BCUT2D eigenvalue weighted by Gasteiger charge is -2.19. The van der Waals surface area contributed by atoms with Gasteiger partial charge in [-0.2, -0.15) is 0 Å². The highest BCUT2D eigenvalue weighted by atomic mass is 16.4. The Bertz CT molecular complexity index is 544. The van der Waals surface area contributed by atoms with Crippen LogP contribution in [0, 0.1) is 0 Å². The van der Waals surface area contributed by atoms with Crippen molar-refractivity contribution in [3.05, 3.63) is 29.3 Å². The third-order valence-electron chi connectivity index (χ3n) is 4.28. The van der Waals surface area contributed by atoms with Gasteiger partial charge in [0.15, 0.2) is 0 Å². The number of aliphatic imine (C=N–C) groups is 1. The largest absolute Gasteiger partial charge is 0.481 e. The molecule has 3 heteroatoms. The summed E-state index contributed by atoms with van der Waals surface area (Å²) in [6, 6.07) is 6.57. The lowest BCUT2D eigenvalue weighted by molar-refractivity contribution is -0.137. The first kappa shape index (κ1) is 14.8. The van der Waals surface area contributed by atoms with E-state index in [1.54, 1.807) is 0 Å². The molecule has 0 spiro atoms. The number of hydrogen-bond acceptors (Lipinski definition) is 2. The van der Waals surface area contributed by atoms with Gasteiger partial charge in [0.25, 0.3) is 0 Å². The van der Waals surface area contributed by atoms with Gasteiger partial charge in [0, 0.05) is 17.5 Å². The van der Waals surface area contributed by atoms with Gasteiger partial charge in [-0.1, -0.05) is 32.4 Å². The van der Waals surface area contributed by atoms with Crippen LogP contribution in [-0.4, -0.2) is 16.8 Å². The predicted molar refractivity (Wildman–Crippen MR) is 82.0 cm³/mol. The molecule has 1 aliphatic heterocycles. The van der Waals surface area contributed by atoms with Crippen LogP contribution in [0.5, 0.6) is 0 Å². The second-order valence-electron chi connectivity index (χ2n) is 6.13. The molecule has 0 saturated heterocycles. The van der Waals surface area contributed by atoms with Crippen LogP contribution in [0.25, 0.3) is 0 Å². The van der Waals surface area contributed by atoms with Crippen molar-refractivity contribution >= 4 is 17.4 Å². The molecule has 1 aromatic rings. The maximum absolute atomic E-state index is 10.4. The summed E-state index contributed by atoms with van der Waals surface area (Å²) in [4.78, 5) is 15.1. The molecule has 0 unspecified atom stereocenters. The summed E-state index contributed by atoms with van der Waals surface area (Å²) in [5.41, 5.74) is 4.94. The molecule has 0 bridgehead atoms. The maximum Gasteiger partial charge on any atom is 0.303 e. The molecular formula is C17H23NO2. The molecule has 0 fully saturated rings. The highest BCUT2D eigenvalue weighted by molar-refractivity contribution is 5.99. The summed E-state index contributed by atoms with van der Waals surface area (Å²) in [6.07, 6.45) is 4.06. The quantitative estimate of drug-likeness (QED) is 0.787. The van der Waals surface area contributed by atoms with Crippen LogP contribution in [0.3, 0.4) is 0 Å². The average molecular weight is 273 g/mol. The third-order valence-corrected chi connectivity index (χ3v) is 4.28. The Morgan fingerprint density at radius 3 is 2.70 bits per heavy atom. The maximum atomic E-state index is 10.4. The topological polar surface area (TPSA) is 49.7 Å². The van der Waals surface area contributed by atoms with Gasteiger partial charge in [-0.15, -0.1) is 0 Å². The SMILES string of the molecule is CC1=Nc2cc(CCCCCC(=O)O)ccc2C1(C)C. The molecular weight excluding hydrogens is 250 g/mol. The summed E-state index contributed by atoms with van der Waals surface area (Å²) in [6.45, 7) is 6.51. The molecule has 2 rings (SSSR count). The fourth-order valence-electron chi connectivity index (χ4n) is 2.65. The van der Waals surface area contributed by atoms with Crippen molar-refractivity contribution in [3.8, 4) is 0 Å². The van der Waals surface area contributed by atoms with E-state index in [1.165, 1.54) is 16.8 Å². The zero-order chi connectivity index (χ0) is 14.8. The number of aliphatic carboxylic acids is 1. The summed E-state index contributed by atoms with van der Waals surface area (Å²) in [5, 5.41) is 8.59. The molecule has 0 aliphatic carbocycles. The summed E-state index contributed by atoms with van der Waals surface area (Å²) in [5.74, 6) is -0.699. The lowest BCUT2D eigenvalue weighted by Crippen LogP contribution is -2.22. The van der Waals surface area contributed by atoms with E-state index in [4.69, 9.17) is 5.11 Å². The molecule has 0 radical (unpaired) electrons. The first-order chi connectivity index (χ1) is 9.41. The zero-order valence-electron chi connectivity index (χ0n) is 12.6. The minimum atomic E-state index is -0.699. The van der Waals surface area contributed by atoms with Crippen molar-refractivity contribution in [2.45, 2.75) is 58.3 Å². The molecule has 0 amide bonds. The minimum Gasteiger partial charge on any atom is -0.481 e. The van der Waals surface area contributed by atoms with E-state index in [-0.39, 0.29) is 11.8 Å². The van der Waals surface area contributed by atoms with Crippen LogP contribution in [0.4, 0.5) is 5.69 Å². The number of nitrogens with zero attached hydrogens (tertiary/aromatic N) is 1. The van der Waals surface area contributed by atoms with Crippen LogP contribution < -0.4 is 0 Å². The van der Waals surface area contributed by atoms with Crippen molar-refractivity contribution in [2.24, 2.45) is 4.99 Å². The molecule has 1 aliphatic rings. The number of carbonyl (C=O) groups is 1. The molecule has 1 aromatic carbocycles. The average Bonchev–Trinajstić information content (AvgIpc) is 2.59. The highest BCUT2D eigenvalue weighted by Crippen LogP contribution is 2.40. The number of carboxylic acids is 1. The number of aryl methyl sites for hydroxylation is 1. The van der Waals surface area contributed by atoms with Gasteiger partial charge in [0.1, 0.15) is 0 Å². The molecule has 20 heavy (non-hydrogen) atoms. The van der Waals surface area contributed by atoms with Gasteiger partial charge in [-0.05, 0) is 43.4 Å². The third kappa shape index (κ3) is 3.09. The van der Waals surface area contributed by atoms with E-state index in [2.05, 4.69) is 44.0 Å². The lowest BCUT2D eigenvalue weighted by atomic mass is 9.82. The normalized spacial score (nSPS) is 15.8. The first-order valence-corrected chi connectivity index (χ1v) is 7.32. The van der Waals surface area contributed by atoms with E-state index in [0.29, 0.717) is 0 Å². The van der Waals surface area contributed by atoms with Crippen molar-refractivity contribution in [2.75, 3.05) is 0 Å². The van der Waals surface area contributed by atoms with E-state index in [1.807, 2.05) is 0 Å². The fourth-order valence-corrected chi connectivity index (χ4v) is 2.65. The number of unbranched alkanes of at least 4 members (excludes halogenated alkanes) is 2. The van der Waals surface area contributed by atoms with Gasteiger partial charge in [0.2, 0.25) is 0 Å². The van der Waals surface area contributed by atoms with Gasteiger partial charge in [-0.3, -0.25) is 9.79 Å². The number of benzene rings is 1. The Hall–Kier alpha value is -1.64. The molecule has 0 aromatic heterocycles. The predicted octanol–water partition coefficient (Wildman–Crippen LogP) is 4.26. The van der Waals surface area contributed by atoms with Crippen molar-refractivity contribution < 1.29 is 9.90 Å². The number of carboxylic acid groups (broad SMARTS) is 1. The van der Waals surface area contributed by atoms with Crippen molar-refractivity contribution in [1.29, 1.82) is 0 Å². The Labute approximate surface area is 120 Å². The summed E-state index contributed by atoms with van der Waals surface area (Å²) >= 11 is 0.